The normalized spacial score (nSPS) is 24.5. The summed E-state index contributed by atoms with van der Waals surface area (Å²) in [7, 11) is 0. The molecule has 4 heterocycles. The standard InChI is InChI=1S/C17H17N5O2S/c18-9-15-20-21-17(25-15)24-13-3-1-12(2-4-13)16(23)19-14-10-22-7-5-11(14)6-8-22/h1-4,11,14H,5-8,10H2,(H,19,23). The highest BCUT2D eigenvalue weighted by Gasteiger charge is 2.34. The third-order valence-corrected chi connectivity index (χ3v) is 5.50. The van der Waals surface area contributed by atoms with Crippen molar-refractivity contribution in [3.63, 3.8) is 0 Å². The Morgan fingerprint density at radius 1 is 1.28 bits per heavy atom. The molecule has 3 aliphatic rings. The van der Waals surface area contributed by atoms with Crippen molar-refractivity contribution in [1.29, 1.82) is 5.26 Å². The van der Waals surface area contributed by atoms with Crippen LogP contribution in [0.3, 0.4) is 0 Å². The Kier molecular flexibility index (Phi) is 4.34. The smallest absolute Gasteiger partial charge is 0.300 e. The van der Waals surface area contributed by atoms with Gasteiger partial charge in [0.25, 0.3) is 5.91 Å². The molecule has 3 saturated heterocycles. The lowest BCUT2D eigenvalue weighted by Crippen LogP contribution is -2.57. The van der Waals surface area contributed by atoms with Crippen molar-refractivity contribution < 1.29 is 9.53 Å². The van der Waals surface area contributed by atoms with Gasteiger partial charge in [-0.15, -0.1) is 5.10 Å². The van der Waals surface area contributed by atoms with Crippen LogP contribution in [0.4, 0.5) is 0 Å². The van der Waals surface area contributed by atoms with E-state index in [1.165, 1.54) is 12.8 Å². The van der Waals surface area contributed by atoms with Gasteiger partial charge in [0.15, 0.2) is 0 Å². The van der Waals surface area contributed by atoms with Crippen LogP contribution in [0.15, 0.2) is 24.3 Å². The van der Waals surface area contributed by atoms with Crippen LogP contribution in [0.25, 0.3) is 0 Å². The number of hydrogen-bond donors (Lipinski definition) is 1. The van der Waals surface area contributed by atoms with Gasteiger partial charge in [-0.3, -0.25) is 4.79 Å². The summed E-state index contributed by atoms with van der Waals surface area (Å²) in [6, 6.07) is 9.07. The molecule has 7 nitrogen and oxygen atoms in total. The predicted molar refractivity (Wildman–Crippen MR) is 91.6 cm³/mol. The van der Waals surface area contributed by atoms with E-state index in [1.54, 1.807) is 24.3 Å². The summed E-state index contributed by atoms with van der Waals surface area (Å²) >= 11 is 1.08. The first-order chi connectivity index (χ1) is 12.2. The molecule has 5 rings (SSSR count). The van der Waals surface area contributed by atoms with Crippen LogP contribution in [-0.4, -0.2) is 46.7 Å². The first-order valence-electron chi connectivity index (χ1n) is 8.26. The minimum absolute atomic E-state index is 0.0482. The number of nitrogens with one attached hydrogen (secondary N) is 1. The molecule has 3 fully saturated rings. The van der Waals surface area contributed by atoms with E-state index in [9.17, 15) is 4.79 Å². The summed E-state index contributed by atoms with van der Waals surface area (Å²) in [5, 5.41) is 19.9. The molecule has 0 aliphatic carbocycles. The van der Waals surface area contributed by atoms with E-state index in [-0.39, 0.29) is 17.0 Å². The molecule has 1 N–H and O–H groups in total. The monoisotopic (exact) mass is 355 g/mol. The highest BCUT2D eigenvalue weighted by atomic mass is 32.1. The third-order valence-electron chi connectivity index (χ3n) is 4.80. The number of rotatable bonds is 4. The molecule has 1 aromatic heterocycles. The van der Waals surface area contributed by atoms with E-state index in [2.05, 4.69) is 20.4 Å². The fraction of sp³-hybridized carbons (Fsp3) is 0.412. The van der Waals surface area contributed by atoms with Crippen molar-refractivity contribution in [3.8, 4) is 17.0 Å². The number of nitriles is 1. The number of carbonyl (C=O) groups excluding carboxylic acids is 1. The van der Waals surface area contributed by atoms with Gasteiger partial charge in [0.2, 0.25) is 5.01 Å². The average Bonchev–Trinajstić information content (AvgIpc) is 3.11. The van der Waals surface area contributed by atoms with Gasteiger partial charge in [0.05, 0.1) is 0 Å². The number of amides is 1. The van der Waals surface area contributed by atoms with E-state index >= 15 is 0 Å². The summed E-state index contributed by atoms with van der Waals surface area (Å²) in [5.41, 5.74) is 0.610. The molecule has 1 amide bonds. The summed E-state index contributed by atoms with van der Waals surface area (Å²) in [6.45, 7) is 3.26. The Labute approximate surface area is 149 Å². The van der Waals surface area contributed by atoms with Crippen molar-refractivity contribution in [2.45, 2.75) is 18.9 Å². The number of aromatic nitrogens is 2. The van der Waals surface area contributed by atoms with Gasteiger partial charge in [0, 0.05) is 18.2 Å². The minimum Gasteiger partial charge on any atom is -0.430 e. The van der Waals surface area contributed by atoms with E-state index in [4.69, 9.17) is 10.00 Å². The lowest BCUT2D eigenvalue weighted by atomic mass is 9.84. The fourth-order valence-corrected chi connectivity index (χ4v) is 3.96. The molecule has 25 heavy (non-hydrogen) atoms. The third kappa shape index (κ3) is 3.48. The molecule has 1 atom stereocenters. The van der Waals surface area contributed by atoms with Crippen molar-refractivity contribution in [2.24, 2.45) is 5.92 Å². The minimum atomic E-state index is -0.0482. The number of ether oxygens (including phenoxy) is 1. The highest BCUT2D eigenvalue weighted by Crippen LogP contribution is 2.28. The lowest BCUT2D eigenvalue weighted by molar-refractivity contribution is 0.0620. The quantitative estimate of drug-likeness (QED) is 0.902. The van der Waals surface area contributed by atoms with Gasteiger partial charge in [-0.05, 0) is 67.5 Å². The topological polar surface area (TPSA) is 91.1 Å². The van der Waals surface area contributed by atoms with Crippen LogP contribution < -0.4 is 10.1 Å². The first-order valence-corrected chi connectivity index (χ1v) is 9.07. The largest absolute Gasteiger partial charge is 0.430 e. The molecule has 0 radical (unpaired) electrons. The maximum Gasteiger partial charge on any atom is 0.300 e. The number of hydrogen-bond acceptors (Lipinski definition) is 7. The van der Waals surface area contributed by atoms with Crippen molar-refractivity contribution >= 4 is 17.2 Å². The van der Waals surface area contributed by atoms with Gasteiger partial charge in [0.1, 0.15) is 11.8 Å². The van der Waals surface area contributed by atoms with Gasteiger partial charge in [-0.1, -0.05) is 5.10 Å². The van der Waals surface area contributed by atoms with Crippen LogP contribution in [0.2, 0.25) is 0 Å². The molecule has 2 aromatic rings. The zero-order valence-corrected chi connectivity index (χ0v) is 14.3. The Balaban J connectivity index is 1.38. The summed E-state index contributed by atoms with van der Waals surface area (Å²) in [6.07, 6.45) is 2.34. The highest BCUT2D eigenvalue weighted by molar-refractivity contribution is 7.13. The van der Waals surface area contributed by atoms with E-state index in [1.807, 2.05) is 6.07 Å². The Hall–Kier alpha value is -2.50. The van der Waals surface area contributed by atoms with Crippen LogP contribution in [0.5, 0.6) is 10.9 Å². The van der Waals surface area contributed by atoms with E-state index in [0.717, 1.165) is 31.0 Å². The van der Waals surface area contributed by atoms with Crippen LogP contribution in [-0.2, 0) is 0 Å². The molecule has 0 spiro atoms. The van der Waals surface area contributed by atoms with Gasteiger partial charge in [-0.25, -0.2) is 0 Å². The summed E-state index contributed by atoms with van der Waals surface area (Å²) in [4.78, 5) is 14.9. The Morgan fingerprint density at radius 2 is 2.04 bits per heavy atom. The zero-order chi connectivity index (χ0) is 17.2. The maximum absolute atomic E-state index is 12.5. The van der Waals surface area contributed by atoms with Crippen LogP contribution in [0, 0.1) is 17.2 Å². The Morgan fingerprint density at radius 3 is 2.64 bits per heavy atom. The SMILES string of the molecule is N#Cc1nnc(Oc2ccc(C(=O)NC3CN4CCC3CC4)cc2)s1. The summed E-state index contributed by atoms with van der Waals surface area (Å²) < 4.78 is 5.54. The number of fused-ring (bicyclic) bond motifs is 3. The first kappa shape index (κ1) is 16.0. The molecule has 3 aliphatic heterocycles. The van der Waals surface area contributed by atoms with E-state index < -0.39 is 0 Å². The fourth-order valence-electron chi connectivity index (χ4n) is 3.45. The number of carbonyl (C=O) groups is 1. The van der Waals surface area contributed by atoms with Crippen LogP contribution >= 0.6 is 11.3 Å². The number of piperidine rings is 3. The number of benzene rings is 1. The molecule has 2 bridgehead atoms. The Bertz CT molecular complexity index is 805. The summed E-state index contributed by atoms with van der Waals surface area (Å²) in [5.74, 6) is 1.11. The average molecular weight is 355 g/mol. The van der Waals surface area contributed by atoms with Crippen molar-refractivity contribution in [2.75, 3.05) is 19.6 Å². The predicted octanol–water partition coefficient (Wildman–Crippen LogP) is 2.03. The lowest BCUT2D eigenvalue weighted by Gasteiger charge is -2.44. The maximum atomic E-state index is 12.5. The molecular formula is C17H17N5O2S. The molecule has 1 aromatic carbocycles. The molecule has 8 heteroatoms. The van der Waals surface area contributed by atoms with Crippen LogP contribution in [0.1, 0.15) is 28.2 Å². The molecule has 1 unspecified atom stereocenters. The van der Waals surface area contributed by atoms with E-state index in [0.29, 0.717) is 22.4 Å². The second kappa shape index (κ2) is 6.78. The zero-order valence-electron chi connectivity index (χ0n) is 13.5. The number of nitrogens with zero attached hydrogens (tertiary/aromatic N) is 4. The molecule has 128 valence electrons. The van der Waals surface area contributed by atoms with Gasteiger partial charge < -0.3 is 15.0 Å². The van der Waals surface area contributed by atoms with Crippen molar-refractivity contribution in [3.05, 3.63) is 34.8 Å². The van der Waals surface area contributed by atoms with Crippen molar-refractivity contribution in [1.82, 2.24) is 20.4 Å². The second-order valence-electron chi connectivity index (χ2n) is 6.33. The molecular weight excluding hydrogens is 338 g/mol. The van der Waals surface area contributed by atoms with Gasteiger partial charge >= 0.3 is 5.19 Å². The molecule has 0 saturated carbocycles. The second-order valence-corrected chi connectivity index (χ2v) is 7.27. The van der Waals surface area contributed by atoms with Gasteiger partial charge in [-0.2, -0.15) is 5.26 Å².